The van der Waals surface area contributed by atoms with Crippen LogP contribution in [0.1, 0.15) is 95.9 Å². The average molecular weight is 718 g/mol. The number of fused-ring (bicyclic) bond motifs is 5. The molecule has 0 unspecified atom stereocenters. The zero-order valence-electron chi connectivity index (χ0n) is 33.3. The number of rotatable bonds is 9. The van der Waals surface area contributed by atoms with Crippen LogP contribution < -0.4 is 0 Å². The van der Waals surface area contributed by atoms with Crippen LogP contribution in [-0.2, 0) is 27.2 Å². The number of hydrogen-bond acceptors (Lipinski definition) is 7. The Hall–Kier alpha value is 0.0975. The fourth-order valence-electron chi connectivity index (χ4n) is 5.65. The third kappa shape index (κ3) is 6.76. The summed E-state index contributed by atoms with van der Waals surface area (Å²) < 4.78 is 36.5. The molecule has 3 rings (SSSR count). The molecule has 0 aromatic heterocycles. The molecule has 0 aliphatic carbocycles. The normalized spacial score (nSPS) is 31.9. The topological polar surface area (TPSA) is 86.7 Å². The van der Waals surface area contributed by atoms with Crippen molar-refractivity contribution in [2.45, 2.75) is 204 Å². The van der Waals surface area contributed by atoms with Crippen LogP contribution in [0.4, 0.5) is 0 Å². The number of hydrogen-bond donors (Lipinski definition) is 1. The molecule has 3 heterocycles. The van der Waals surface area contributed by atoms with E-state index in [4.69, 9.17) is 22.4 Å². The molecule has 0 saturated carbocycles. The number of carbonyl (C=O) groups is 1. The molecule has 0 aromatic rings. The van der Waals surface area contributed by atoms with Crippen molar-refractivity contribution in [2.24, 2.45) is 0 Å². The Morgan fingerprint density at radius 1 is 0.696 bits per heavy atom. The van der Waals surface area contributed by atoms with Crippen molar-refractivity contribution in [3.63, 3.8) is 0 Å². The zero-order valence-corrected chi connectivity index (χ0v) is 37.3. The molecule has 6 atom stereocenters. The predicted molar refractivity (Wildman–Crippen MR) is 198 cm³/mol. The van der Waals surface area contributed by atoms with Gasteiger partial charge in [0.2, 0.25) is 5.91 Å². The fourth-order valence-corrected chi connectivity index (χ4v) is 10.5. The van der Waals surface area contributed by atoms with E-state index in [0.29, 0.717) is 0 Å². The molecule has 2 bridgehead atoms. The highest BCUT2D eigenvalue weighted by atomic mass is 28.4. The summed E-state index contributed by atoms with van der Waals surface area (Å²) in [5, 5.41) is 12.6. The second kappa shape index (κ2) is 11.8. The Bertz CT molecular complexity index is 1150. The summed E-state index contributed by atoms with van der Waals surface area (Å²) in [6, 6.07) is 0. The molecule has 12 heteroatoms. The molecule has 3 saturated heterocycles. The molecule has 46 heavy (non-hydrogen) atoms. The van der Waals surface area contributed by atoms with E-state index in [2.05, 4.69) is 135 Å². The predicted octanol–water partition coefficient (Wildman–Crippen LogP) is 8.60. The minimum absolute atomic E-state index is 0.0646. The third-order valence-corrected chi connectivity index (χ3v) is 31.0. The van der Waals surface area contributed by atoms with Crippen molar-refractivity contribution in [3.05, 3.63) is 0 Å². The summed E-state index contributed by atoms with van der Waals surface area (Å²) in [5.74, 6) is -0.121. The first-order valence-corrected chi connectivity index (χ1v) is 29.1. The SMILES string of the molecule is CC(C)(C)[Si](C)(C)OC[C@@]12O[C@@H]([C@@H](O[Si](C)(C)C(C)(C)C)[C@@H](O[Si](C)(C)C(C)(C)C)[C@@H]1O[Si](C)(C)C(C)(C)C)N1C(=O)CC[C@]12O. The van der Waals surface area contributed by atoms with Crippen LogP contribution in [0, 0.1) is 0 Å². The molecule has 1 N–H and O–H groups in total. The lowest BCUT2D eigenvalue weighted by molar-refractivity contribution is -0.267. The molecule has 1 amide bonds. The van der Waals surface area contributed by atoms with Crippen LogP contribution in [0.5, 0.6) is 0 Å². The molecule has 0 aromatic carbocycles. The van der Waals surface area contributed by atoms with Crippen molar-refractivity contribution >= 4 is 39.2 Å². The summed E-state index contributed by atoms with van der Waals surface area (Å²) in [4.78, 5) is 15.5. The highest BCUT2D eigenvalue weighted by molar-refractivity contribution is 6.75. The smallest absolute Gasteiger partial charge is 0.227 e. The van der Waals surface area contributed by atoms with E-state index in [0.717, 1.165) is 0 Å². The van der Waals surface area contributed by atoms with Crippen molar-refractivity contribution in [1.82, 2.24) is 4.90 Å². The monoisotopic (exact) mass is 717 g/mol. The van der Waals surface area contributed by atoms with Gasteiger partial charge in [-0.25, -0.2) is 0 Å². The van der Waals surface area contributed by atoms with E-state index in [1.165, 1.54) is 0 Å². The largest absolute Gasteiger partial charge is 0.414 e. The van der Waals surface area contributed by atoms with Gasteiger partial charge >= 0.3 is 0 Å². The van der Waals surface area contributed by atoms with Crippen LogP contribution in [0.2, 0.25) is 72.5 Å². The first kappa shape index (κ1) is 40.5. The van der Waals surface area contributed by atoms with E-state index in [-0.39, 0.29) is 45.5 Å². The van der Waals surface area contributed by atoms with Gasteiger partial charge in [-0.2, -0.15) is 0 Å². The molecule has 270 valence electrons. The third-order valence-electron chi connectivity index (χ3n) is 13.1. The molecular formula is C34H71NO7Si4. The van der Waals surface area contributed by atoms with Crippen LogP contribution >= 0.6 is 0 Å². The minimum atomic E-state index is -2.52. The maximum Gasteiger partial charge on any atom is 0.227 e. The summed E-state index contributed by atoms with van der Waals surface area (Å²) in [6.45, 7) is 44.7. The standard InChI is InChI=1S/C34H71NO7Si4/c1-29(2,3)43(13,14)38-23-33-27(42-46(19,20)32(10,11)12)25(40-44(15,16)30(4,5)6)26(41-45(17,18)31(7,8)9)28(39-33)35-24(36)21-22-34(33,35)37/h25-28,37H,21-23H2,1-20H3/t25-,26+,27+,28+,33-,34-/m1/s1. The molecule has 3 fully saturated rings. The Morgan fingerprint density at radius 3 is 1.50 bits per heavy atom. The van der Waals surface area contributed by atoms with Gasteiger partial charge in [0.05, 0.1) is 6.61 Å². The molecule has 3 aliphatic heterocycles. The summed E-state index contributed by atoms with van der Waals surface area (Å²) in [6.07, 6.45) is -2.26. The second-order valence-corrected chi connectivity index (χ2v) is 39.6. The van der Waals surface area contributed by atoms with E-state index in [9.17, 15) is 9.90 Å². The van der Waals surface area contributed by atoms with Gasteiger partial charge in [0.25, 0.3) is 0 Å². The summed E-state index contributed by atoms with van der Waals surface area (Å²) in [5.41, 5.74) is -2.97. The second-order valence-electron chi connectivity index (χ2n) is 20.5. The molecule has 0 radical (unpaired) electrons. The number of nitrogens with zero attached hydrogens (tertiary/aromatic N) is 1. The lowest BCUT2D eigenvalue weighted by atomic mass is 9.80. The van der Waals surface area contributed by atoms with Crippen LogP contribution in [-0.4, -0.2) is 91.7 Å². The lowest BCUT2D eigenvalue weighted by Crippen LogP contribution is -2.74. The fraction of sp³-hybridized carbons (Fsp3) is 0.971. The van der Waals surface area contributed by atoms with Crippen molar-refractivity contribution in [1.29, 1.82) is 0 Å². The molecular weight excluding hydrogens is 647 g/mol. The number of amides is 1. The first-order chi connectivity index (χ1) is 20.1. The Kier molecular flexibility index (Phi) is 10.4. The van der Waals surface area contributed by atoms with E-state index in [1.54, 1.807) is 4.90 Å². The van der Waals surface area contributed by atoms with Crippen molar-refractivity contribution < 1.29 is 32.3 Å². The number of carbonyl (C=O) groups excluding carboxylic acids is 1. The van der Waals surface area contributed by atoms with E-state index in [1.807, 2.05) is 0 Å². The number of ether oxygens (including phenoxy) is 1. The van der Waals surface area contributed by atoms with Gasteiger partial charge in [-0.05, 0) is 72.5 Å². The summed E-state index contributed by atoms with van der Waals surface area (Å²) in [7, 11) is -9.74. The minimum Gasteiger partial charge on any atom is -0.414 e. The van der Waals surface area contributed by atoms with Gasteiger partial charge in [0.15, 0.2) is 50.8 Å². The quantitative estimate of drug-likeness (QED) is 0.239. The van der Waals surface area contributed by atoms with Gasteiger partial charge < -0.3 is 27.5 Å². The van der Waals surface area contributed by atoms with Gasteiger partial charge in [-0.15, -0.1) is 0 Å². The Labute approximate surface area is 286 Å². The highest BCUT2D eigenvalue weighted by Crippen LogP contribution is 2.59. The highest BCUT2D eigenvalue weighted by Gasteiger charge is 2.78. The molecule has 8 nitrogen and oxygen atoms in total. The Morgan fingerprint density at radius 2 is 1.09 bits per heavy atom. The summed E-state index contributed by atoms with van der Waals surface area (Å²) >= 11 is 0. The Balaban J connectivity index is 2.40. The van der Waals surface area contributed by atoms with Crippen molar-refractivity contribution in [3.8, 4) is 0 Å². The molecule has 3 aliphatic rings. The first-order valence-electron chi connectivity index (χ1n) is 17.5. The van der Waals surface area contributed by atoms with Gasteiger partial charge in [-0.1, -0.05) is 83.1 Å². The van der Waals surface area contributed by atoms with Gasteiger partial charge in [-0.3, -0.25) is 9.69 Å². The maximum absolute atomic E-state index is 13.9. The van der Waals surface area contributed by atoms with Crippen LogP contribution in [0.15, 0.2) is 0 Å². The van der Waals surface area contributed by atoms with Gasteiger partial charge in [0.1, 0.15) is 18.3 Å². The van der Waals surface area contributed by atoms with Gasteiger partial charge in [0, 0.05) is 12.8 Å². The maximum atomic E-state index is 13.9. The number of aliphatic hydroxyl groups is 1. The lowest BCUT2D eigenvalue weighted by Gasteiger charge is -2.56. The van der Waals surface area contributed by atoms with Crippen LogP contribution in [0.3, 0.4) is 0 Å². The molecule has 0 spiro atoms. The van der Waals surface area contributed by atoms with Crippen molar-refractivity contribution in [2.75, 3.05) is 6.61 Å². The van der Waals surface area contributed by atoms with E-state index >= 15 is 0 Å². The zero-order chi connectivity index (χ0) is 36.1. The average Bonchev–Trinajstić information content (AvgIpc) is 3.24. The van der Waals surface area contributed by atoms with E-state index < -0.39 is 69.1 Å². The van der Waals surface area contributed by atoms with Crippen LogP contribution in [0.25, 0.3) is 0 Å².